The molecule has 2 aromatic carbocycles. The van der Waals surface area contributed by atoms with Crippen LogP contribution in [0.3, 0.4) is 0 Å². The molecule has 0 amide bonds. The van der Waals surface area contributed by atoms with Gasteiger partial charge in [-0.2, -0.15) is 26.3 Å². The molecule has 4 aromatic rings. The number of benzene rings is 2. The molecule has 0 spiro atoms. The highest BCUT2D eigenvalue weighted by atomic mass is 127. The van der Waals surface area contributed by atoms with E-state index in [-0.39, 0.29) is 18.2 Å². The molecule has 0 aliphatic heterocycles. The molecule has 1 atom stereocenters. The molecular weight excluding hydrogens is 701 g/mol. The van der Waals surface area contributed by atoms with E-state index in [1.54, 1.807) is 24.3 Å². The highest BCUT2D eigenvalue weighted by molar-refractivity contribution is 14.1. The van der Waals surface area contributed by atoms with Crippen LogP contribution in [0.4, 0.5) is 32.0 Å². The van der Waals surface area contributed by atoms with Crippen LogP contribution in [0.5, 0.6) is 11.6 Å². The van der Waals surface area contributed by atoms with Crippen molar-refractivity contribution in [3.05, 3.63) is 104 Å². The van der Waals surface area contributed by atoms with Crippen LogP contribution < -0.4 is 4.74 Å². The first kappa shape index (κ1) is 31.9. The molecule has 226 valence electrons. The molecule has 4 rings (SSSR count). The Morgan fingerprint density at radius 3 is 2.35 bits per heavy atom. The van der Waals surface area contributed by atoms with Gasteiger partial charge in [-0.15, -0.1) is 16.8 Å². The monoisotopic (exact) mass is 720 g/mol. The van der Waals surface area contributed by atoms with Crippen LogP contribution in [0.25, 0.3) is 11.6 Å². The number of pyridine rings is 1. The first-order valence-corrected chi connectivity index (χ1v) is 13.2. The first-order chi connectivity index (χ1) is 20.2. The second kappa shape index (κ2) is 12.7. The van der Waals surface area contributed by atoms with Gasteiger partial charge in [0.2, 0.25) is 17.2 Å². The Labute approximate surface area is 252 Å². The zero-order valence-electron chi connectivity index (χ0n) is 21.7. The van der Waals surface area contributed by atoms with Crippen molar-refractivity contribution >= 4 is 28.3 Å². The Kier molecular flexibility index (Phi) is 9.38. The number of nitrogens with zero attached hydrogens (tertiary/aromatic N) is 4. The zero-order chi connectivity index (χ0) is 31.4. The first-order valence-electron chi connectivity index (χ1n) is 12.1. The molecule has 1 unspecified atom stereocenters. The van der Waals surface area contributed by atoms with Gasteiger partial charge >= 0.3 is 18.0 Å². The molecule has 0 N–H and O–H groups in total. The van der Waals surface area contributed by atoms with Crippen molar-refractivity contribution in [1.29, 1.82) is 0 Å². The van der Waals surface area contributed by atoms with E-state index in [2.05, 4.69) is 21.8 Å². The minimum atomic E-state index is -5.16. The van der Waals surface area contributed by atoms with E-state index in [4.69, 9.17) is 13.9 Å². The maximum atomic E-state index is 14.7. The highest BCUT2D eigenvalue weighted by Gasteiger charge is 2.61. The normalized spacial score (nSPS) is 13.4. The van der Waals surface area contributed by atoms with E-state index in [1.165, 1.54) is 36.4 Å². The van der Waals surface area contributed by atoms with Gasteiger partial charge in [-0.1, -0.05) is 42.5 Å². The van der Waals surface area contributed by atoms with Gasteiger partial charge in [0.15, 0.2) is 0 Å². The van der Waals surface area contributed by atoms with Gasteiger partial charge in [0.05, 0.1) is 11.5 Å². The van der Waals surface area contributed by atoms with E-state index < -0.39 is 70.5 Å². The number of alkyl halides is 6. The molecular formula is C27H19F6IN4O5. The van der Waals surface area contributed by atoms with Crippen LogP contribution in [0.1, 0.15) is 29.9 Å². The molecule has 0 bridgehead atoms. The Morgan fingerprint density at radius 1 is 1.02 bits per heavy atom. The van der Waals surface area contributed by atoms with Crippen molar-refractivity contribution < 1.29 is 45.2 Å². The standard InChI is InChI=1S/C27H19F6IN4O5/c1-2-3-12-25(27(31,32)33,41-15-16-8-5-4-6-9-16)24-37-36-23(43-24)21-20(38(39)40)14-19(26(28,29)30)22(35-21)42-18-11-7-10-17(34)13-18/h2,4-11,13-14H,1,3,12,15H2. The largest absolute Gasteiger partial charge is 0.438 e. The molecule has 16 heteroatoms. The number of ether oxygens (including phenoxy) is 2. The second-order valence-electron chi connectivity index (χ2n) is 8.86. The summed E-state index contributed by atoms with van der Waals surface area (Å²) >= 11 is 1.88. The van der Waals surface area contributed by atoms with Crippen LogP contribution in [0.15, 0.2) is 77.7 Å². The van der Waals surface area contributed by atoms with Gasteiger partial charge in [-0.3, -0.25) is 10.1 Å². The Balaban J connectivity index is 1.86. The van der Waals surface area contributed by atoms with Gasteiger partial charge in [0.1, 0.15) is 11.3 Å². The lowest BCUT2D eigenvalue weighted by Crippen LogP contribution is -2.45. The smallest absolute Gasteiger partial charge is 0.426 e. The van der Waals surface area contributed by atoms with Crippen molar-refractivity contribution in [1.82, 2.24) is 15.2 Å². The van der Waals surface area contributed by atoms with Crippen molar-refractivity contribution in [2.45, 2.75) is 37.4 Å². The third kappa shape index (κ3) is 7.12. The molecule has 9 nitrogen and oxygen atoms in total. The fourth-order valence-corrected chi connectivity index (χ4v) is 4.37. The van der Waals surface area contributed by atoms with Crippen LogP contribution >= 0.6 is 22.6 Å². The number of aromatic nitrogens is 3. The predicted octanol–water partition coefficient (Wildman–Crippen LogP) is 8.40. The summed E-state index contributed by atoms with van der Waals surface area (Å²) in [6.45, 7) is 2.90. The van der Waals surface area contributed by atoms with Gasteiger partial charge < -0.3 is 13.9 Å². The number of rotatable bonds is 11. The minimum absolute atomic E-state index is 0.0919. The molecule has 2 heterocycles. The SMILES string of the molecule is C=CCCC(OCc1ccccc1)(c1nnc(-c2nc(Oc3cccc(I)c3)c(C(F)(F)F)cc2[N+](=O)[O-])o1)C(F)(F)F. The van der Waals surface area contributed by atoms with E-state index in [0.29, 0.717) is 9.13 Å². The number of halogens is 7. The zero-order valence-corrected chi connectivity index (χ0v) is 23.8. The summed E-state index contributed by atoms with van der Waals surface area (Å²) in [5.74, 6) is -3.31. The summed E-state index contributed by atoms with van der Waals surface area (Å²) in [5.41, 5.74) is -6.63. The van der Waals surface area contributed by atoms with Crippen LogP contribution in [0, 0.1) is 13.7 Å². The second-order valence-corrected chi connectivity index (χ2v) is 10.1. The fraction of sp³-hybridized carbons (Fsp3) is 0.222. The van der Waals surface area contributed by atoms with Crippen LogP contribution in [-0.2, 0) is 23.1 Å². The van der Waals surface area contributed by atoms with Crippen LogP contribution in [-0.4, -0.2) is 26.3 Å². The van der Waals surface area contributed by atoms with Crippen molar-refractivity contribution in [2.75, 3.05) is 0 Å². The fourth-order valence-electron chi connectivity index (χ4n) is 3.86. The van der Waals surface area contributed by atoms with E-state index >= 15 is 0 Å². The average molecular weight is 720 g/mol. The van der Waals surface area contributed by atoms with Gasteiger partial charge in [-0.25, -0.2) is 4.98 Å². The summed E-state index contributed by atoms with van der Waals surface area (Å²) in [5, 5.41) is 18.8. The summed E-state index contributed by atoms with van der Waals surface area (Å²) in [7, 11) is 0. The van der Waals surface area contributed by atoms with E-state index in [9.17, 15) is 36.5 Å². The number of hydrogen-bond acceptors (Lipinski definition) is 8. The molecule has 43 heavy (non-hydrogen) atoms. The van der Waals surface area contributed by atoms with E-state index in [1.807, 2.05) is 22.6 Å². The molecule has 0 aliphatic carbocycles. The van der Waals surface area contributed by atoms with Crippen molar-refractivity contribution in [3.8, 4) is 23.2 Å². The number of allylic oxidation sites excluding steroid dienone is 1. The van der Waals surface area contributed by atoms with Crippen LogP contribution in [0.2, 0.25) is 0 Å². The molecule has 0 aliphatic rings. The highest BCUT2D eigenvalue weighted by Crippen LogP contribution is 2.47. The topological polar surface area (TPSA) is 113 Å². The Morgan fingerprint density at radius 2 is 1.74 bits per heavy atom. The number of nitro groups is 1. The summed E-state index contributed by atoms with van der Waals surface area (Å²) in [6.07, 6.45) is -10.1. The molecule has 2 aromatic heterocycles. The lowest BCUT2D eigenvalue weighted by molar-refractivity contribution is -0.384. The Bertz CT molecular complexity index is 1610. The van der Waals surface area contributed by atoms with E-state index in [0.717, 1.165) is 0 Å². The summed E-state index contributed by atoms with van der Waals surface area (Å²) < 4.78 is 102. The molecule has 0 radical (unpaired) electrons. The van der Waals surface area contributed by atoms with Gasteiger partial charge in [0, 0.05) is 9.64 Å². The Hall–Kier alpha value is -4.06. The molecule has 0 saturated carbocycles. The summed E-state index contributed by atoms with van der Waals surface area (Å²) in [4.78, 5) is 14.2. The maximum absolute atomic E-state index is 14.7. The molecule has 0 saturated heterocycles. The lowest BCUT2D eigenvalue weighted by Gasteiger charge is -2.32. The number of hydrogen-bond donors (Lipinski definition) is 0. The van der Waals surface area contributed by atoms with Crippen molar-refractivity contribution in [2.24, 2.45) is 0 Å². The predicted molar refractivity (Wildman–Crippen MR) is 147 cm³/mol. The maximum Gasteiger partial charge on any atom is 0.426 e. The van der Waals surface area contributed by atoms with Gasteiger partial charge in [0.25, 0.3) is 11.8 Å². The minimum Gasteiger partial charge on any atom is -0.438 e. The third-order valence-corrected chi connectivity index (χ3v) is 6.61. The quantitative estimate of drug-likeness (QED) is 0.0499. The molecule has 0 fully saturated rings. The summed E-state index contributed by atoms with van der Waals surface area (Å²) in [6, 6.07) is 13.8. The average Bonchev–Trinajstić information content (AvgIpc) is 3.43. The van der Waals surface area contributed by atoms with Crippen molar-refractivity contribution in [3.63, 3.8) is 0 Å². The third-order valence-electron chi connectivity index (χ3n) is 5.94. The lowest BCUT2D eigenvalue weighted by atomic mass is 9.96. The van der Waals surface area contributed by atoms with Gasteiger partial charge in [-0.05, 0) is 59.2 Å².